The van der Waals surface area contributed by atoms with Crippen LogP contribution in [-0.2, 0) is 6.54 Å². The Kier molecular flexibility index (Phi) is 3.27. The molecule has 1 aliphatic carbocycles. The quantitative estimate of drug-likeness (QED) is 0.805. The standard InChI is InChI=1S/C9H15N3S/c1-2-4-8(5-3-1)10-6-9-7-13-12-11-9/h7-8,10H,1-6H2. The van der Waals surface area contributed by atoms with Crippen LogP contribution in [0.4, 0.5) is 0 Å². The zero-order chi connectivity index (χ0) is 8.93. The van der Waals surface area contributed by atoms with Gasteiger partial charge in [-0.3, -0.25) is 0 Å². The van der Waals surface area contributed by atoms with Crippen molar-refractivity contribution < 1.29 is 0 Å². The molecule has 0 atom stereocenters. The van der Waals surface area contributed by atoms with Crippen molar-refractivity contribution in [2.75, 3.05) is 0 Å². The number of nitrogens with zero attached hydrogens (tertiary/aromatic N) is 2. The Balaban J connectivity index is 1.72. The van der Waals surface area contributed by atoms with E-state index in [1.165, 1.54) is 43.6 Å². The maximum Gasteiger partial charge on any atom is 0.0893 e. The lowest BCUT2D eigenvalue weighted by Gasteiger charge is -2.22. The van der Waals surface area contributed by atoms with Crippen LogP contribution >= 0.6 is 11.5 Å². The molecule has 0 aromatic carbocycles. The topological polar surface area (TPSA) is 37.8 Å². The van der Waals surface area contributed by atoms with Crippen molar-refractivity contribution in [1.29, 1.82) is 0 Å². The minimum atomic E-state index is 0.718. The molecule has 1 fully saturated rings. The molecule has 13 heavy (non-hydrogen) atoms. The van der Waals surface area contributed by atoms with E-state index >= 15 is 0 Å². The second-order valence-corrected chi connectivity index (χ2v) is 4.22. The Hall–Kier alpha value is -0.480. The van der Waals surface area contributed by atoms with Crippen molar-refractivity contribution in [3.8, 4) is 0 Å². The van der Waals surface area contributed by atoms with Gasteiger partial charge in [0.25, 0.3) is 0 Å². The summed E-state index contributed by atoms with van der Waals surface area (Å²) in [4.78, 5) is 0. The minimum Gasteiger partial charge on any atom is -0.308 e. The number of nitrogens with one attached hydrogen (secondary N) is 1. The van der Waals surface area contributed by atoms with Crippen LogP contribution in [0, 0.1) is 0 Å². The van der Waals surface area contributed by atoms with Crippen LogP contribution in [0.2, 0.25) is 0 Å². The molecule has 0 spiro atoms. The summed E-state index contributed by atoms with van der Waals surface area (Å²) in [5.41, 5.74) is 1.08. The molecule has 0 saturated heterocycles. The lowest BCUT2D eigenvalue weighted by Crippen LogP contribution is -2.30. The van der Waals surface area contributed by atoms with E-state index in [1.807, 2.05) is 5.38 Å². The third kappa shape index (κ3) is 2.74. The van der Waals surface area contributed by atoms with Crippen molar-refractivity contribution in [2.45, 2.75) is 44.7 Å². The van der Waals surface area contributed by atoms with Crippen molar-refractivity contribution >= 4 is 11.5 Å². The summed E-state index contributed by atoms with van der Waals surface area (Å²) in [6.45, 7) is 0.890. The molecule has 72 valence electrons. The predicted octanol–water partition coefficient (Wildman–Crippen LogP) is 1.96. The number of aromatic nitrogens is 2. The summed E-state index contributed by atoms with van der Waals surface area (Å²) in [7, 11) is 0. The number of hydrogen-bond donors (Lipinski definition) is 1. The van der Waals surface area contributed by atoms with E-state index < -0.39 is 0 Å². The molecule has 4 heteroatoms. The van der Waals surface area contributed by atoms with Crippen LogP contribution < -0.4 is 5.32 Å². The summed E-state index contributed by atoms with van der Waals surface area (Å²) in [6, 6.07) is 0.718. The maximum absolute atomic E-state index is 4.01. The van der Waals surface area contributed by atoms with E-state index in [9.17, 15) is 0 Å². The molecule has 0 amide bonds. The van der Waals surface area contributed by atoms with Gasteiger partial charge in [-0.25, -0.2) is 0 Å². The second-order valence-electron chi connectivity index (χ2n) is 3.61. The normalized spacial score (nSPS) is 19.1. The zero-order valence-corrected chi connectivity index (χ0v) is 8.52. The minimum absolute atomic E-state index is 0.718. The second kappa shape index (κ2) is 4.67. The molecule has 0 radical (unpaired) electrons. The Morgan fingerprint density at radius 2 is 2.23 bits per heavy atom. The Bertz CT molecular complexity index is 229. The first kappa shape index (κ1) is 9.09. The van der Waals surface area contributed by atoms with Crippen molar-refractivity contribution in [1.82, 2.24) is 14.9 Å². The van der Waals surface area contributed by atoms with Crippen LogP contribution in [0.25, 0.3) is 0 Å². The highest BCUT2D eigenvalue weighted by molar-refractivity contribution is 7.03. The molecular formula is C9H15N3S. The van der Waals surface area contributed by atoms with E-state index in [4.69, 9.17) is 0 Å². The van der Waals surface area contributed by atoms with E-state index in [2.05, 4.69) is 14.9 Å². The molecule has 1 saturated carbocycles. The molecule has 1 aliphatic rings. The van der Waals surface area contributed by atoms with Crippen LogP contribution in [-0.4, -0.2) is 15.6 Å². The molecule has 0 aliphatic heterocycles. The highest BCUT2D eigenvalue weighted by Gasteiger charge is 2.12. The summed E-state index contributed by atoms with van der Waals surface area (Å²) < 4.78 is 3.84. The molecule has 1 heterocycles. The number of rotatable bonds is 3. The van der Waals surface area contributed by atoms with Crippen molar-refractivity contribution in [3.63, 3.8) is 0 Å². The van der Waals surface area contributed by atoms with Gasteiger partial charge < -0.3 is 5.32 Å². The first-order valence-corrected chi connectivity index (χ1v) is 5.78. The Morgan fingerprint density at radius 1 is 1.38 bits per heavy atom. The Labute approximate surface area is 82.7 Å². The lowest BCUT2D eigenvalue weighted by molar-refractivity contribution is 0.371. The van der Waals surface area contributed by atoms with Gasteiger partial charge in [0.15, 0.2) is 0 Å². The van der Waals surface area contributed by atoms with Crippen LogP contribution in [0.15, 0.2) is 5.38 Å². The fourth-order valence-corrected chi connectivity index (χ4v) is 2.27. The van der Waals surface area contributed by atoms with Gasteiger partial charge in [0.05, 0.1) is 5.69 Å². The summed E-state index contributed by atoms with van der Waals surface area (Å²) in [5, 5.41) is 9.54. The predicted molar refractivity (Wildman–Crippen MR) is 53.6 cm³/mol. The molecule has 3 nitrogen and oxygen atoms in total. The highest BCUT2D eigenvalue weighted by atomic mass is 32.1. The number of hydrogen-bond acceptors (Lipinski definition) is 4. The summed E-state index contributed by atoms with van der Waals surface area (Å²) in [5.74, 6) is 0. The van der Waals surface area contributed by atoms with E-state index in [-0.39, 0.29) is 0 Å². The molecule has 1 N–H and O–H groups in total. The van der Waals surface area contributed by atoms with E-state index in [0.717, 1.165) is 18.3 Å². The summed E-state index contributed by atoms with van der Waals surface area (Å²) in [6.07, 6.45) is 6.84. The smallest absolute Gasteiger partial charge is 0.0893 e. The lowest BCUT2D eigenvalue weighted by atomic mass is 9.95. The molecule has 0 bridgehead atoms. The summed E-state index contributed by atoms with van der Waals surface area (Å²) >= 11 is 1.43. The van der Waals surface area contributed by atoms with Gasteiger partial charge in [0.2, 0.25) is 0 Å². The van der Waals surface area contributed by atoms with Crippen LogP contribution in [0.1, 0.15) is 37.8 Å². The molecule has 2 rings (SSSR count). The van der Waals surface area contributed by atoms with Gasteiger partial charge in [0, 0.05) is 18.0 Å². The molecule has 1 aromatic heterocycles. The van der Waals surface area contributed by atoms with Crippen molar-refractivity contribution in [2.24, 2.45) is 0 Å². The van der Waals surface area contributed by atoms with E-state index in [1.54, 1.807) is 0 Å². The van der Waals surface area contributed by atoms with Gasteiger partial charge in [-0.05, 0) is 24.4 Å². The monoisotopic (exact) mass is 197 g/mol. The molecule has 0 unspecified atom stereocenters. The van der Waals surface area contributed by atoms with Gasteiger partial charge in [-0.1, -0.05) is 23.8 Å². The van der Waals surface area contributed by atoms with Crippen LogP contribution in [0.5, 0.6) is 0 Å². The average Bonchev–Trinajstić information content (AvgIpc) is 2.69. The first-order valence-electron chi connectivity index (χ1n) is 4.94. The molecule has 1 aromatic rings. The largest absolute Gasteiger partial charge is 0.308 e. The van der Waals surface area contributed by atoms with Gasteiger partial charge in [-0.15, -0.1) is 5.10 Å². The third-order valence-corrected chi connectivity index (χ3v) is 3.14. The van der Waals surface area contributed by atoms with Crippen molar-refractivity contribution in [3.05, 3.63) is 11.1 Å². The van der Waals surface area contributed by atoms with Gasteiger partial charge >= 0.3 is 0 Å². The highest BCUT2D eigenvalue weighted by Crippen LogP contribution is 2.17. The maximum atomic E-state index is 4.01. The molecular weight excluding hydrogens is 182 g/mol. The van der Waals surface area contributed by atoms with E-state index in [0.29, 0.717) is 0 Å². The average molecular weight is 197 g/mol. The fraction of sp³-hybridized carbons (Fsp3) is 0.778. The SMILES string of the molecule is c1snnc1CNC1CCCCC1. The third-order valence-electron chi connectivity index (χ3n) is 2.58. The zero-order valence-electron chi connectivity index (χ0n) is 7.70. The van der Waals surface area contributed by atoms with Crippen LogP contribution in [0.3, 0.4) is 0 Å². The van der Waals surface area contributed by atoms with Gasteiger partial charge in [-0.2, -0.15) is 0 Å². The fourth-order valence-electron chi connectivity index (χ4n) is 1.82. The van der Waals surface area contributed by atoms with Gasteiger partial charge in [0.1, 0.15) is 0 Å². The first-order chi connectivity index (χ1) is 6.45. The Morgan fingerprint density at radius 3 is 2.92 bits per heavy atom.